The van der Waals surface area contributed by atoms with E-state index in [9.17, 15) is 4.79 Å². The molecule has 1 atom stereocenters. The van der Waals surface area contributed by atoms with E-state index in [1.165, 1.54) is 0 Å². The third kappa shape index (κ3) is 3.76. The van der Waals surface area contributed by atoms with E-state index >= 15 is 0 Å². The first-order valence-electron chi connectivity index (χ1n) is 6.08. The molecule has 1 rings (SSSR count). The van der Waals surface area contributed by atoms with E-state index in [4.69, 9.17) is 11.2 Å². The Hall–Kier alpha value is -1.44. The lowest BCUT2D eigenvalue weighted by atomic mass is 9.92. The lowest BCUT2D eigenvalue weighted by Gasteiger charge is -2.28. The Morgan fingerprint density at radius 1 is 1.47 bits per heavy atom. The number of hydrogen-bond acceptors (Lipinski definition) is 4. The molecule has 1 N–H and O–H groups in total. The van der Waals surface area contributed by atoms with Gasteiger partial charge in [-0.15, -0.1) is 18.2 Å². The van der Waals surface area contributed by atoms with Crippen molar-refractivity contribution in [3.05, 3.63) is 29.8 Å². The van der Waals surface area contributed by atoms with Crippen molar-refractivity contribution in [2.45, 2.75) is 24.3 Å². The van der Waals surface area contributed by atoms with Crippen LogP contribution in [-0.2, 0) is 15.1 Å². The first-order chi connectivity index (χ1) is 9.08. The van der Waals surface area contributed by atoms with Gasteiger partial charge >= 0.3 is 5.97 Å². The molecule has 0 saturated carbocycles. The number of benzene rings is 1. The number of esters is 1. The summed E-state index contributed by atoms with van der Waals surface area (Å²) in [5, 5.41) is 3.07. The maximum Gasteiger partial charge on any atom is 0.330 e. The number of carbonyl (C=O) groups excluding carboxylic acids is 1. The molecule has 0 fully saturated rings. The van der Waals surface area contributed by atoms with Crippen LogP contribution >= 0.6 is 11.8 Å². The summed E-state index contributed by atoms with van der Waals surface area (Å²) < 4.78 is 5.14. The summed E-state index contributed by atoms with van der Waals surface area (Å²) in [4.78, 5) is 13.3. The van der Waals surface area contributed by atoms with E-state index in [2.05, 4.69) is 11.2 Å². The molecule has 0 aromatic heterocycles. The van der Waals surface area contributed by atoms with Gasteiger partial charge in [0.1, 0.15) is 5.54 Å². The van der Waals surface area contributed by atoms with E-state index in [1.807, 2.05) is 30.5 Å². The van der Waals surface area contributed by atoms with Gasteiger partial charge in [0.2, 0.25) is 0 Å². The van der Waals surface area contributed by atoms with Crippen molar-refractivity contribution in [2.75, 3.05) is 19.4 Å². The zero-order chi connectivity index (χ0) is 14.3. The Labute approximate surface area is 119 Å². The average Bonchev–Trinajstić information content (AvgIpc) is 2.45. The van der Waals surface area contributed by atoms with Gasteiger partial charge in [-0.3, -0.25) is 5.32 Å². The molecule has 0 amide bonds. The standard InChI is InChI=1S/C15H19NO2S/c1-5-11-16-15(3,14(17)18-6-2)12-7-9-13(19-4)10-8-12/h1,7-10,16H,6,11H2,2-4H3. The Kier molecular flexibility index (Phi) is 5.94. The molecule has 102 valence electrons. The van der Waals surface area contributed by atoms with Crippen molar-refractivity contribution in [1.29, 1.82) is 0 Å². The van der Waals surface area contributed by atoms with Crippen LogP contribution < -0.4 is 5.32 Å². The van der Waals surface area contributed by atoms with Gasteiger partial charge in [-0.05, 0) is 37.8 Å². The van der Waals surface area contributed by atoms with Crippen LogP contribution in [0.1, 0.15) is 19.4 Å². The number of hydrogen-bond donors (Lipinski definition) is 1. The highest BCUT2D eigenvalue weighted by molar-refractivity contribution is 7.98. The van der Waals surface area contributed by atoms with Gasteiger partial charge in [-0.1, -0.05) is 18.1 Å². The molecule has 0 bridgehead atoms. The summed E-state index contributed by atoms with van der Waals surface area (Å²) >= 11 is 1.66. The second-order valence-electron chi connectivity index (χ2n) is 4.13. The third-order valence-electron chi connectivity index (χ3n) is 2.90. The molecule has 1 unspecified atom stereocenters. The van der Waals surface area contributed by atoms with Crippen molar-refractivity contribution < 1.29 is 9.53 Å². The van der Waals surface area contributed by atoms with Gasteiger partial charge < -0.3 is 4.74 Å². The molecule has 0 spiro atoms. The average molecular weight is 277 g/mol. The van der Waals surface area contributed by atoms with E-state index in [-0.39, 0.29) is 5.97 Å². The molecule has 0 aliphatic carbocycles. The van der Waals surface area contributed by atoms with Crippen LogP contribution in [0.25, 0.3) is 0 Å². The third-order valence-corrected chi connectivity index (χ3v) is 3.64. The lowest BCUT2D eigenvalue weighted by Crippen LogP contribution is -2.47. The van der Waals surface area contributed by atoms with Gasteiger partial charge in [0.15, 0.2) is 0 Å². The van der Waals surface area contributed by atoms with E-state index in [0.29, 0.717) is 13.2 Å². The fraction of sp³-hybridized carbons (Fsp3) is 0.400. The Morgan fingerprint density at radius 3 is 2.58 bits per heavy atom. The summed E-state index contributed by atoms with van der Waals surface area (Å²) in [6.07, 6.45) is 7.28. The van der Waals surface area contributed by atoms with Crippen LogP contribution in [0.15, 0.2) is 29.2 Å². The molecule has 19 heavy (non-hydrogen) atoms. The van der Waals surface area contributed by atoms with Crippen molar-refractivity contribution in [1.82, 2.24) is 5.32 Å². The fourth-order valence-corrected chi connectivity index (χ4v) is 2.13. The maximum atomic E-state index is 12.2. The SMILES string of the molecule is C#CCNC(C)(C(=O)OCC)c1ccc(SC)cc1. The number of rotatable bonds is 6. The second-order valence-corrected chi connectivity index (χ2v) is 5.01. The molecule has 1 aromatic carbocycles. The minimum absolute atomic E-state index is 0.305. The van der Waals surface area contributed by atoms with E-state index < -0.39 is 5.54 Å². The van der Waals surface area contributed by atoms with Crippen LogP contribution in [0.4, 0.5) is 0 Å². The first-order valence-corrected chi connectivity index (χ1v) is 7.31. The van der Waals surface area contributed by atoms with Crippen LogP contribution in [0, 0.1) is 12.3 Å². The van der Waals surface area contributed by atoms with Crippen molar-refractivity contribution in [3.63, 3.8) is 0 Å². The van der Waals surface area contributed by atoms with Crippen LogP contribution in [0.3, 0.4) is 0 Å². The maximum absolute atomic E-state index is 12.2. The highest BCUT2D eigenvalue weighted by atomic mass is 32.2. The Morgan fingerprint density at radius 2 is 2.11 bits per heavy atom. The molecule has 0 radical (unpaired) electrons. The molecular weight excluding hydrogens is 258 g/mol. The Bertz CT molecular complexity index is 464. The number of thioether (sulfide) groups is 1. The second kappa shape index (κ2) is 7.22. The number of terminal acetylenes is 1. The zero-order valence-electron chi connectivity index (χ0n) is 11.5. The number of nitrogens with one attached hydrogen (secondary N) is 1. The van der Waals surface area contributed by atoms with Crippen LogP contribution in [-0.4, -0.2) is 25.4 Å². The lowest BCUT2D eigenvalue weighted by molar-refractivity contribution is -0.150. The summed E-state index contributed by atoms with van der Waals surface area (Å²) in [7, 11) is 0. The van der Waals surface area contributed by atoms with Gasteiger partial charge in [-0.2, -0.15) is 0 Å². The molecule has 1 aromatic rings. The largest absolute Gasteiger partial charge is 0.464 e. The summed E-state index contributed by atoms with van der Waals surface area (Å²) in [6, 6.07) is 7.81. The quantitative estimate of drug-likeness (QED) is 0.492. The van der Waals surface area contributed by atoms with Gasteiger partial charge in [0.05, 0.1) is 13.2 Å². The zero-order valence-corrected chi connectivity index (χ0v) is 12.3. The Balaban J connectivity index is 3.07. The molecular formula is C15H19NO2S. The van der Waals surface area contributed by atoms with E-state index in [0.717, 1.165) is 10.5 Å². The summed E-state index contributed by atoms with van der Waals surface area (Å²) in [5.74, 6) is 2.17. The van der Waals surface area contributed by atoms with E-state index in [1.54, 1.807) is 25.6 Å². The molecule has 0 saturated heterocycles. The van der Waals surface area contributed by atoms with Gasteiger partial charge in [0.25, 0.3) is 0 Å². The van der Waals surface area contributed by atoms with Crippen LogP contribution in [0.2, 0.25) is 0 Å². The minimum Gasteiger partial charge on any atom is -0.464 e. The molecule has 0 aliphatic heterocycles. The molecule has 0 heterocycles. The van der Waals surface area contributed by atoms with Crippen molar-refractivity contribution >= 4 is 17.7 Å². The van der Waals surface area contributed by atoms with Crippen molar-refractivity contribution in [3.8, 4) is 12.3 Å². The molecule has 4 heteroatoms. The predicted octanol–water partition coefficient (Wildman–Crippen LogP) is 2.41. The normalized spacial score (nSPS) is 13.4. The predicted molar refractivity (Wildman–Crippen MR) is 79.0 cm³/mol. The highest BCUT2D eigenvalue weighted by Crippen LogP contribution is 2.25. The molecule has 0 aliphatic rings. The first kappa shape index (κ1) is 15.6. The fourth-order valence-electron chi connectivity index (χ4n) is 1.72. The smallest absolute Gasteiger partial charge is 0.330 e. The van der Waals surface area contributed by atoms with Crippen molar-refractivity contribution in [2.24, 2.45) is 0 Å². The number of ether oxygens (including phenoxy) is 1. The minimum atomic E-state index is -0.917. The summed E-state index contributed by atoms with van der Waals surface area (Å²) in [6.45, 7) is 4.22. The number of carbonyl (C=O) groups is 1. The molecule has 3 nitrogen and oxygen atoms in total. The summed E-state index contributed by atoms with van der Waals surface area (Å²) in [5.41, 5.74) is -0.0710. The highest BCUT2D eigenvalue weighted by Gasteiger charge is 2.35. The van der Waals surface area contributed by atoms with Crippen LogP contribution in [0.5, 0.6) is 0 Å². The topological polar surface area (TPSA) is 38.3 Å². The van der Waals surface area contributed by atoms with Gasteiger partial charge in [0, 0.05) is 4.90 Å². The monoisotopic (exact) mass is 277 g/mol. The van der Waals surface area contributed by atoms with Gasteiger partial charge in [-0.25, -0.2) is 4.79 Å².